The van der Waals surface area contributed by atoms with Gasteiger partial charge >= 0.3 is 6.03 Å². The lowest BCUT2D eigenvalue weighted by Gasteiger charge is -2.34. The van der Waals surface area contributed by atoms with Gasteiger partial charge in [-0.05, 0) is 42.0 Å². The molecule has 1 aliphatic rings. The first-order chi connectivity index (χ1) is 12.5. The van der Waals surface area contributed by atoms with Crippen LogP contribution in [-0.2, 0) is 6.54 Å². The van der Waals surface area contributed by atoms with Gasteiger partial charge in [0.15, 0.2) is 0 Å². The second-order valence-electron chi connectivity index (χ2n) is 6.26. The number of nitrogens with one attached hydrogen (secondary N) is 1. The number of piperazine rings is 1. The molecule has 1 fully saturated rings. The summed E-state index contributed by atoms with van der Waals surface area (Å²) in [7, 11) is 0. The largest absolute Gasteiger partial charge is 0.351 e. The summed E-state index contributed by atoms with van der Waals surface area (Å²) in [6, 6.07) is 14.0. The molecule has 2 aromatic carbocycles. The quantitative estimate of drug-likeness (QED) is 0.866. The number of primary amides is 1. The molecule has 3 amide bonds. The minimum atomic E-state index is -0.624. The first-order valence-electron chi connectivity index (χ1n) is 8.44. The molecule has 0 aromatic heterocycles. The van der Waals surface area contributed by atoms with Crippen molar-refractivity contribution in [2.75, 3.05) is 31.5 Å². The normalized spacial score (nSPS) is 14.9. The molecule has 1 aliphatic heterocycles. The average molecular weight is 373 g/mol. The molecule has 1 heterocycles. The van der Waals surface area contributed by atoms with E-state index in [9.17, 15) is 9.59 Å². The molecule has 0 radical (unpaired) electrons. The first kappa shape index (κ1) is 18.2. The number of nitrogens with two attached hydrogens (primary N) is 1. The zero-order valence-electron chi connectivity index (χ0n) is 14.3. The molecule has 2 aromatic rings. The van der Waals surface area contributed by atoms with Crippen molar-refractivity contribution in [1.82, 2.24) is 9.80 Å². The Hall–Kier alpha value is -2.57. The summed E-state index contributed by atoms with van der Waals surface area (Å²) in [5.74, 6) is 0.00164. The molecule has 26 heavy (non-hydrogen) atoms. The number of hydrogen-bond donors (Lipinski definition) is 2. The topological polar surface area (TPSA) is 78.7 Å². The molecule has 0 saturated carbocycles. The maximum atomic E-state index is 12.6. The Labute approximate surface area is 157 Å². The standard InChI is InChI=1S/C19H21ClN4O2/c20-16-5-1-14(2-6-16)13-23-9-11-24(12-10-23)18(25)15-3-7-17(8-4-15)22-19(21)26/h1-8H,9-13H2,(H3,21,22,26). The molecule has 1 saturated heterocycles. The van der Waals surface area contributed by atoms with E-state index in [-0.39, 0.29) is 5.91 Å². The maximum Gasteiger partial charge on any atom is 0.316 e. The van der Waals surface area contributed by atoms with E-state index in [1.807, 2.05) is 29.2 Å². The van der Waals surface area contributed by atoms with Crippen LogP contribution < -0.4 is 11.1 Å². The lowest BCUT2D eigenvalue weighted by atomic mass is 10.1. The Kier molecular flexibility index (Phi) is 5.75. The Balaban J connectivity index is 1.53. The molecule has 0 bridgehead atoms. The molecule has 3 rings (SSSR count). The number of carbonyl (C=O) groups excluding carboxylic acids is 2. The lowest BCUT2D eigenvalue weighted by Crippen LogP contribution is -2.48. The van der Waals surface area contributed by atoms with Crippen LogP contribution >= 0.6 is 11.6 Å². The number of amides is 3. The number of urea groups is 1. The van der Waals surface area contributed by atoms with Gasteiger partial charge in [-0.3, -0.25) is 9.69 Å². The Morgan fingerprint density at radius 2 is 1.58 bits per heavy atom. The summed E-state index contributed by atoms with van der Waals surface area (Å²) in [6.07, 6.45) is 0. The number of carbonyl (C=O) groups is 2. The Bertz CT molecular complexity index is 769. The van der Waals surface area contributed by atoms with Crippen LogP contribution in [0.2, 0.25) is 5.02 Å². The van der Waals surface area contributed by atoms with Crippen molar-refractivity contribution >= 4 is 29.2 Å². The second kappa shape index (κ2) is 8.21. The van der Waals surface area contributed by atoms with E-state index in [1.54, 1.807) is 24.3 Å². The summed E-state index contributed by atoms with van der Waals surface area (Å²) in [5, 5.41) is 3.22. The van der Waals surface area contributed by atoms with Gasteiger partial charge in [0.05, 0.1) is 0 Å². The fraction of sp³-hybridized carbons (Fsp3) is 0.263. The van der Waals surface area contributed by atoms with Gasteiger partial charge in [0, 0.05) is 49.0 Å². The van der Waals surface area contributed by atoms with Gasteiger partial charge in [0.1, 0.15) is 0 Å². The maximum absolute atomic E-state index is 12.6. The zero-order chi connectivity index (χ0) is 18.5. The van der Waals surface area contributed by atoms with E-state index in [0.29, 0.717) is 24.3 Å². The summed E-state index contributed by atoms with van der Waals surface area (Å²) in [6.45, 7) is 3.89. The summed E-state index contributed by atoms with van der Waals surface area (Å²) in [5.41, 5.74) is 7.47. The average Bonchev–Trinajstić information content (AvgIpc) is 2.64. The smallest absolute Gasteiger partial charge is 0.316 e. The second-order valence-corrected chi connectivity index (χ2v) is 6.70. The van der Waals surface area contributed by atoms with Crippen molar-refractivity contribution in [3.63, 3.8) is 0 Å². The van der Waals surface area contributed by atoms with Crippen LogP contribution in [0.3, 0.4) is 0 Å². The van der Waals surface area contributed by atoms with Gasteiger partial charge in [-0.15, -0.1) is 0 Å². The SMILES string of the molecule is NC(=O)Nc1ccc(C(=O)N2CCN(Cc3ccc(Cl)cc3)CC2)cc1. The van der Waals surface area contributed by atoms with Gasteiger partial charge in [0.2, 0.25) is 0 Å². The molecule has 0 spiro atoms. The third-order valence-electron chi connectivity index (χ3n) is 4.38. The Morgan fingerprint density at radius 3 is 2.15 bits per heavy atom. The van der Waals surface area contributed by atoms with Gasteiger partial charge in [-0.2, -0.15) is 0 Å². The van der Waals surface area contributed by atoms with E-state index in [0.717, 1.165) is 24.7 Å². The van der Waals surface area contributed by atoms with Crippen molar-refractivity contribution in [1.29, 1.82) is 0 Å². The highest BCUT2D eigenvalue weighted by molar-refractivity contribution is 6.30. The number of rotatable bonds is 4. The number of benzene rings is 2. The van der Waals surface area contributed by atoms with Crippen LogP contribution in [-0.4, -0.2) is 47.9 Å². The third kappa shape index (κ3) is 4.74. The van der Waals surface area contributed by atoms with Crippen molar-refractivity contribution in [2.24, 2.45) is 5.73 Å². The minimum Gasteiger partial charge on any atom is -0.351 e. The number of halogens is 1. The van der Waals surface area contributed by atoms with Gasteiger partial charge in [0.25, 0.3) is 5.91 Å². The van der Waals surface area contributed by atoms with E-state index in [2.05, 4.69) is 10.2 Å². The van der Waals surface area contributed by atoms with Gasteiger partial charge < -0.3 is 16.0 Å². The number of hydrogen-bond acceptors (Lipinski definition) is 3. The summed E-state index contributed by atoms with van der Waals surface area (Å²) in [4.78, 5) is 27.6. The molecule has 3 N–H and O–H groups in total. The van der Waals surface area contributed by atoms with Gasteiger partial charge in [-0.1, -0.05) is 23.7 Å². The number of anilines is 1. The fourth-order valence-electron chi connectivity index (χ4n) is 2.98. The van der Waals surface area contributed by atoms with E-state index < -0.39 is 6.03 Å². The predicted molar refractivity (Wildman–Crippen MR) is 102 cm³/mol. The van der Waals surface area contributed by atoms with Crippen molar-refractivity contribution in [3.8, 4) is 0 Å². The van der Waals surface area contributed by atoms with Crippen LogP contribution in [0.5, 0.6) is 0 Å². The minimum absolute atomic E-state index is 0.00164. The highest BCUT2D eigenvalue weighted by atomic mass is 35.5. The Morgan fingerprint density at radius 1 is 0.962 bits per heavy atom. The molecule has 0 aliphatic carbocycles. The molecule has 0 atom stereocenters. The highest BCUT2D eigenvalue weighted by Gasteiger charge is 2.22. The van der Waals surface area contributed by atoms with Crippen LogP contribution in [0.4, 0.5) is 10.5 Å². The van der Waals surface area contributed by atoms with Crippen LogP contribution in [0, 0.1) is 0 Å². The van der Waals surface area contributed by atoms with Crippen molar-refractivity contribution in [3.05, 3.63) is 64.7 Å². The van der Waals surface area contributed by atoms with Crippen LogP contribution in [0.15, 0.2) is 48.5 Å². The highest BCUT2D eigenvalue weighted by Crippen LogP contribution is 2.15. The van der Waals surface area contributed by atoms with Crippen molar-refractivity contribution < 1.29 is 9.59 Å². The fourth-order valence-corrected chi connectivity index (χ4v) is 3.10. The van der Waals surface area contributed by atoms with Gasteiger partial charge in [-0.25, -0.2) is 4.79 Å². The molecule has 7 heteroatoms. The molecular formula is C19H21ClN4O2. The summed E-state index contributed by atoms with van der Waals surface area (Å²) < 4.78 is 0. The number of nitrogens with zero attached hydrogens (tertiary/aromatic N) is 2. The van der Waals surface area contributed by atoms with Crippen LogP contribution in [0.1, 0.15) is 15.9 Å². The molecule has 0 unspecified atom stereocenters. The van der Waals surface area contributed by atoms with E-state index in [1.165, 1.54) is 5.56 Å². The molecule has 136 valence electrons. The monoisotopic (exact) mass is 372 g/mol. The van der Waals surface area contributed by atoms with Crippen molar-refractivity contribution in [2.45, 2.75) is 6.54 Å². The zero-order valence-corrected chi connectivity index (χ0v) is 15.1. The van der Waals surface area contributed by atoms with E-state index in [4.69, 9.17) is 17.3 Å². The first-order valence-corrected chi connectivity index (χ1v) is 8.81. The van der Waals surface area contributed by atoms with Crippen LogP contribution in [0.25, 0.3) is 0 Å². The molecule has 6 nitrogen and oxygen atoms in total. The van der Waals surface area contributed by atoms with E-state index >= 15 is 0 Å². The predicted octanol–water partition coefficient (Wildman–Crippen LogP) is 2.79. The third-order valence-corrected chi connectivity index (χ3v) is 4.63. The molecular weight excluding hydrogens is 352 g/mol. The summed E-state index contributed by atoms with van der Waals surface area (Å²) >= 11 is 5.92. The lowest BCUT2D eigenvalue weighted by molar-refractivity contribution is 0.0628.